The lowest BCUT2D eigenvalue weighted by Gasteiger charge is -2.05. The first-order valence-electron chi connectivity index (χ1n) is 4.94. The van der Waals surface area contributed by atoms with Gasteiger partial charge in [-0.25, -0.2) is 0 Å². The number of rotatable bonds is 3. The minimum Gasteiger partial charge on any atom is -0.481 e. The molecule has 17 heavy (non-hydrogen) atoms. The fourth-order valence-electron chi connectivity index (χ4n) is 1.49. The number of hydrogen-bond donors (Lipinski definition) is 1. The van der Waals surface area contributed by atoms with Gasteiger partial charge in [-0.3, -0.25) is 14.8 Å². The second-order valence-corrected chi connectivity index (χ2v) is 3.87. The summed E-state index contributed by atoms with van der Waals surface area (Å²) in [6, 6.07) is 7.04. The number of nitrogens with zero attached hydrogens (tertiary/aromatic N) is 2. The third-order valence-electron chi connectivity index (χ3n) is 2.21. The number of aliphatic carboxylic acids is 1. The van der Waals surface area contributed by atoms with E-state index in [2.05, 4.69) is 9.97 Å². The van der Waals surface area contributed by atoms with Crippen LogP contribution < -0.4 is 0 Å². The molecule has 0 atom stereocenters. The van der Waals surface area contributed by atoms with E-state index < -0.39 is 5.97 Å². The molecule has 0 fully saturated rings. The van der Waals surface area contributed by atoms with Crippen LogP contribution in [-0.4, -0.2) is 21.0 Å². The zero-order valence-corrected chi connectivity index (χ0v) is 9.55. The maximum atomic E-state index is 10.7. The lowest BCUT2D eigenvalue weighted by Crippen LogP contribution is -2.05. The van der Waals surface area contributed by atoms with Crippen LogP contribution in [0.1, 0.15) is 5.69 Å². The van der Waals surface area contributed by atoms with Gasteiger partial charge in [0.1, 0.15) is 0 Å². The van der Waals surface area contributed by atoms with Crippen LogP contribution in [0.2, 0.25) is 5.02 Å². The Balaban J connectivity index is 2.44. The van der Waals surface area contributed by atoms with E-state index in [0.717, 1.165) is 5.56 Å². The summed E-state index contributed by atoms with van der Waals surface area (Å²) >= 11 is 5.79. The maximum absolute atomic E-state index is 10.7. The molecule has 0 spiro atoms. The topological polar surface area (TPSA) is 63.1 Å². The summed E-state index contributed by atoms with van der Waals surface area (Å²) in [5, 5.41) is 9.42. The summed E-state index contributed by atoms with van der Waals surface area (Å²) in [5.74, 6) is -0.930. The van der Waals surface area contributed by atoms with E-state index in [0.29, 0.717) is 16.4 Å². The second kappa shape index (κ2) is 4.93. The summed E-state index contributed by atoms with van der Waals surface area (Å²) in [7, 11) is 0. The normalized spacial score (nSPS) is 10.2. The van der Waals surface area contributed by atoms with Crippen LogP contribution in [0, 0.1) is 0 Å². The minimum absolute atomic E-state index is 0.147. The van der Waals surface area contributed by atoms with E-state index in [-0.39, 0.29) is 6.42 Å². The Morgan fingerprint density at radius 2 is 1.82 bits per heavy atom. The molecule has 2 aromatic rings. The monoisotopic (exact) mass is 248 g/mol. The van der Waals surface area contributed by atoms with Gasteiger partial charge in [0.25, 0.3) is 0 Å². The largest absolute Gasteiger partial charge is 0.481 e. The molecule has 0 radical (unpaired) electrons. The Hall–Kier alpha value is -1.94. The Bertz CT molecular complexity index is 540. The molecule has 4 nitrogen and oxygen atoms in total. The molecule has 0 unspecified atom stereocenters. The van der Waals surface area contributed by atoms with E-state index in [9.17, 15) is 4.79 Å². The summed E-state index contributed by atoms with van der Waals surface area (Å²) in [5.41, 5.74) is 1.83. The van der Waals surface area contributed by atoms with E-state index in [1.54, 1.807) is 24.3 Å². The Labute approximate surface area is 103 Å². The fraction of sp³-hybridized carbons (Fsp3) is 0.0833. The summed E-state index contributed by atoms with van der Waals surface area (Å²) in [6.07, 6.45) is 2.87. The first-order valence-corrected chi connectivity index (χ1v) is 5.32. The van der Waals surface area contributed by atoms with E-state index in [1.165, 1.54) is 12.4 Å². The Morgan fingerprint density at radius 3 is 2.47 bits per heavy atom. The number of carbonyl (C=O) groups is 1. The fourth-order valence-corrected chi connectivity index (χ4v) is 1.61. The molecule has 1 heterocycles. The molecular weight excluding hydrogens is 240 g/mol. The highest BCUT2D eigenvalue weighted by atomic mass is 35.5. The summed E-state index contributed by atoms with van der Waals surface area (Å²) in [4.78, 5) is 18.9. The van der Waals surface area contributed by atoms with Crippen LogP contribution >= 0.6 is 11.6 Å². The highest BCUT2D eigenvalue weighted by Gasteiger charge is 2.10. The average molecular weight is 249 g/mol. The van der Waals surface area contributed by atoms with Crippen molar-refractivity contribution in [2.24, 2.45) is 0 Å². The van der Waals surface area contributed by atoms with Gasteiger partial charge in [0.15, 0.2) is 0 Å². The molecule has 0 aliphatic rings. The number of aromatic nitrogens is 2. The number of hydrogen-bond acceptors (Lipinski definition) is 3. The van der Waals surface area contributed by atoms with Crippen LogP contribution in [0.15, 0.2) is 36.7 Å². The molecule has 0 amide bonds. The molecule has 2 rings (SSSR count). The summed E-state index contributed by atoms with van der Waals surface area (Å²) in [6.45, 7) is 0. The van der Waals surface area contributed by atoms with Crippen molar-refractivity contribution >= 4 is 17.6 Å². The van der Waals surface area contributed by atoms with Gasteiger partial charge in [-0.2, -0.15) is 0 Å². The molecule has 0 saturated heterocycles. The van der Waals surface area contributed by atoms with E-state index in [4.69, 9.17) is 16.7 Å². The summed E-state index contributed by atoms with van der Waals surface area (Å²) < 4.78 is 0. The third-order valence-corrected chi connectivity index (χ3v) is 2.46. The van der Waals surface area contributed by atoms with Crippen LogP contribution in [0.4, 0.5) is 0 Å². The standard InChI is InChI=1S/C12H9ClN2O2/c13-9-3-1-8(2-4-9)12-10(7-11(16)17)14-5-6-15-12/h1-6H,7H2,(H,16,17). The predicted molar refractivity (Wildman–Crippen MR) is 63.8 cm³/mol. The second-order valence-electron chi connectivity index (χ2n) is 3.43. The highest BCUT2D eigenvalue weighted by molar-refractivity contribution is 6.30. The SMILES string of the molecule is O=C(O)Cc1nccnc1-c1ccc(Cl)cc1. The van der Waals surface area contributed by atoms with Gasteiger partial charge in [-0.1, -0.05) is 23.7 Å². The first kappa shape index (κ1) is 11.5. The highest BCUT2D eigenvalue weighted by Crippen LogP contribution is 2.21. The van der Waals surface area contributed by atoms with Crippen molar-refractivity contribution in [3.8, 4) is 11.3 Å². The zero-order valence-electron chi connectivity index (χ0n) is 8.80. The van der Waals surface area contributed by atoms with Gasteiger partial charge < -0.3 is 5.11 Å². The lowest BCUT2D eigenvalue weighted by atomic mass is 10.1. The van der Waals surface area contributed by atoms with Crippen LogP contribution in [-0.2, 0) is 11.2 Å². The molecule has 0 aliphatic heterocycles. The lowest BCUT2D eigenvalue weighted by molar-refractivity contribution is -0.136. The van der Waals surface area contributed by atoms with Gasteiger partial charge in [-0.05, 0) is 12.1 Å². The molecule has 1 N–H and O–H groups in total. The smallest absolute Gasteiger partial charge is 0.309 e. The van der Waals surface area contributed by atoms with Crippen LogP contribution in [0.25, 0.3) is 11.3 Å². The van der Waals surface area contributed by atoms with Crippen LogP contribution in [0.5, 0.6) is 0 Å². The molecule has 0 bridgehead atoms. The molecule has 1 aromatic carbocycles. The maximum Gasteiger partial charge on any atom is 0.309 e. The van der Waals surface area contributed by atoms with Crippen molar-refractivity contribution in [2.75, 3.05) is 0 Å². The van der Waals surface area contributed by atoms with Crippen molar-refractivity contribution in [2.45, 2.75) is 6.42 Å². The van der Waals surface area contributed by atoms with Crippen LogP contribution in [0.3, 0.4) is 0 Å². The average Bonchev–Trinajstić information content (AvgIpc) is 2.30. The number of benzene rings is 1. The van der Waals surface area contributed by atoms with Crippen molar-refractivity contribution < 1.29 is 9.90 Å². The molecular formula is C12H9ClN2O2. The molecule has 0 aliphatic carbocycles. The number of carboxylic acids is 1. The quantitative estimate of drug-likeness (QED) is 0.906. The van der Waals surface area contributed by atoms with Gasteiger partial charge in [0, 0.05) is 23.0 Å². The van der Waals surface area contributed by atoms with Crippen molar-refractivity contribution in [1.82, 2.24) is 9.97 Å². The Morgan fingerprint density at radius 1 is 1.18 bits per heavy atom. The zero-order chi connectivity index (χ0) is 12.3. The van der Waals surface area contributed by atoms with Gasteiger partial charge in [0.05, 0.1) is 17.8 Å². The van der Waals surface area contributed by atoms with E-state index in [1.807, 2.05) is 0 Å². The molecule has 86 valence electrons. The third kappa shape index (κ3) is 2.79. The van der Waals surface area contributed by atoms with E-state index >= 15 is 0 Å². The molecule has 1 aromatic heterocycles. The molecule has 0 saturated carbocycles. The van der Waals surface area contributed by atoms with Gasteiger partial charge in [0.2, 0.25) is 0 Å². The molecule has 5 heteroatoms. The Kier molecular flexibility index (Phi) is 3.35. The van der Waals surface area contributed by atoms with Gasteiger partial charge in [-0.15, -0.1) is 0 Å². The van der Waals surface area contributed by atoms with Crippen molar-refractivity contribution in [3.05, 3.63) is 47.4 Å². The van der Waals surface area contributed by atoms with Crippen molar-refractivity contribution in [3.63, 3.8) is 0 Å². The van der Waals surface area contributed by atoms with Gasteiger partial charge >= 0.3 is 5.97 Å². The number of halogens is 1. The first-order chi connectivity index (χ1) is 8.16. The minimum atomic E-state index is -0.930. The number of carboxylic acid groups (broad SMARTS) is 1. The van der Waals surface area contributed by atoms with Crippen molar-refractivity contribution in [1.29, 1.82) is 0 Å². The predicted octanol–water partition coefficient (Wildman–Crippen LogP) is 2.42.